The van der Waals surface area contributed by atoms with Crippen molar-refractivity contribution in [2.45, 2.75) is 193 Å². The van der Waals surface area contributed by atoms with Crippen molar-refractivity contribution in [3.05, 3.63) is 48.6 Å². The summed E-state index contributed by atoms with van der Waals surface area (Å²) in [4.78, 5) is 23.1. The number of carbonyl (C=O) groups is 1. The second-order valence-electron chi connectivity index (χ2n) is 16.1. The summed E-state index contributed by atoms with van der Waals surface area (Å²) < 4.78 is 23.5. The second kappa shape index (κ2) is 37.1. The number of allylic oxidation sites excluding steroid dienone is 7. The molecule has 0 heterocycles. The van der Waals surface area contributed by atoms with Crippen molar-refractivity contribution in [3.8, 4) is 0 Å². The zero-order valence-electron chi connectivity index (χ0n) is 35.7. The SMILES string of the molecule is CCCCC/C=C\C/C=C\C/C=C\CCCCCCCCC(=O)N[C@@H](COP(=O)(O)OCC[N+](C)(C)C)[C@H](O)/C=C/CCCCCCCCCCCCC. The van der Waals surface area contributed by atoms with Gasteiger partial charge < -0.3 is 19.8 Å². The van der Waals surface area contributed by atoms with Crippen LogP contribution in [0.4, 0.5) is 0 Å². The zero-order chi connectivity index (χ0) is 40.0. The van der Waals surface area contributed by atoms with Gasteiger partial charge in [0.05, 0.1) is 39.9 Å². The molecule has 9 heteroatoms. The Balaban J connectivity index is 4.45. The fourth-order valence-electron chi connectivity index (χ4n) is 5.99. The minimum Gasteiger partial charge on any atom is -0.387 e. The van der Waals surface area contributed by atoms with Gasteiger partial charge in [-0.2, -0.15) is 0 Å². The number of hydrogen-bond acceptors (Lipinski definition) is 5. The fraction of sp³-hybridized carbons (Fsp3) is 0.800. The molecule has 0 saturated heterocycles. The number of phosphoric ester groups is 1. The average molecular weight is 782 g/mol. The number of quaternary nitrogens is 1. The van der Waals surface area contributed by atoms with Gasteiger partial charge in [-0.25, -0.2) is 4.57 Å². The molecule has 1 unspecified atom stereocenters. The van der Waals surface area contributed by atoms with Crippen molar-refractivity contribution in [1.29, 1.82) is 0 Å². The maximum atomic E-state index is 12.9. The summed E-state index contributed by atoms with van der Waals surface area (Å²) in [6.07, 6.45) is 46.0. The summed E-state index contributed by atoms with van der Waals surface area (Å²) in [7, 11) is 1.56. The monoisotopic (exact) mass is 782 g/mol. The Hall–Kier alpha value is -1.54. The van der Waals surface area contributed by atoms with Crippen LogP contribution in [0, 0.1) is 0 Å². The van der Waals surface area contributed by atoms with E-state index in [4.69, 9.17) is 9.05 Å². The Morgan fingerprint density at radius 3 is 1.57 bits per heavy atom. The number of aliphatic hydroxyl groups is 1. The molecule has 8 nitrogen and oxygen atoms in total. The highest BCUT2D eigenvalue weighted by Gasteiger charge is 2.27. The third-order valence-corrected chi connectivity index (χ3v) is 10.5. The van der Waals surface area contributed by atoms with Crippen LogP contribution in [0.2, 0.25) is 0 Å². The van der Waals surface area contributed by atoms with E-state index in [1.807, 2.05) is 27.2 Å². The summed E-state index contributed by atoms with van der Waals surface area (Å²) in [5.74, 6) is -0.192. The Kier molecular flexibility index (Phi) is 36.0. The standard InChI is InChI=1S/C45H85N2O6P/c1-6-8-10-12-14-16-18-20-21-22-23-24-25-27-29-31-33-35-37-39-45(49)46-43(42-53-54(50,51)52-41-40-47(3,4)5)44(48)38-36-34-32-30-28-26-19-17-15-13-11-9-7-2/h14,16,20-21,23-24,36,38,43-44,48H,6-13,15,17-19,22,25-35,37,39-42H2,1-5H3,(H-,46,49,50,51)/p+1/b16-14-,21-20-,24-23-,38-36+/t43-,44+/m0/s1. The minimum absolute atomic E-state index is 0.0571. The second-order valence-corrected chi connectivity index (χ2v) is 17.5. The van der Waals surface area contributed by atoms with E-state index < -0.39 is 20.0 Å². The van der Waals surface area contributed by atoms with Crippen LogP contribution in [0.5, 0.6) is 0 Å². The molecule has 3 N–H and O–H groups in total. The lowest BCUT2D eigenvalue weighted by Gasteiger charge is -2.25. The summed E-state index contributed by atoms with van der Waals surface area (Å²) in [6, 6.07) is -0.853. The number of unbranched alkanes of at least 4 members (excludes halogenated alkanes) is 20. The van der Waals surface area contributed by atoms with Crippen LogP contribution in [-0.2, 0) is 18.4 Å². The normalized spacial score (nSPS) is 14.9. The highest BCUT2D eigenvalue weighted by Crippen LogP contribution is 2.43. The number of nitrogens with one attached hydrogen (secondary N) is 1. The smallest absolute Gasteiger partial charge is 0.387 e. The fourth-order valence-corrected chi connectivity index (χ4v) is 6.72. The van der Waals surface area contributed by atoms with Gasteiger partial charge in [0, 0.05) is 6.42 Å². The van der Waals surface area contributed by atoms with Gasteiger partial charge >= 0.3 is 7.82 Å². The number of rotatable bonds is 39. The van der Waals surface area contributed by atoms with Crippen molar-refractivity contribution in [3.63, 3.8) is 0 Å². The molecule has 0 aliphatic carbocycles. The van der Waals surface area contributed by atoms with E-state index in [9.17, 15) is 19.4 Å². The van der Waals surface area contributed by atoms with E-state index in [2.05, 4.69) is 55.6 Å². The predicted molar refractivity (Wildman–Crippen MR) is 231 cm³/mol. The zero-order valence-corrected chi connectivity index (χ0v) is 36.6. The van der Waals surface area contributed by atoms with Gasteiger partial charge in [-0.15, -0.1) is 0 Å². The molecule has 0 aromatic carbocycles. The van der Waals surface area contributed by atoms with Gasteiger partial charge in [-0.3, -0.25) is 13.8 Å². The summed E-state index contributed by atoms with van der Waals surface area (Å²) in [5, 5.41) is 13.8. The molecule has 0 saturated carbocycles. The van der Waals surface area contributed by atoms with E-state index >= 15 is 0 Å². The summed E-state index contributed by atoms with van der Waals surface area (Å²) in [5.41, 5.74) is 0. The number of hydrogen-bond donors (Lipinski definition) is 3. The van der Waals surface area contributed by atoms with Gasteiger partial charge in [-0.1, -0.05) is 165 Å². The summed E-state index contributed by atoms with van der Waals surface area (Å²) in [6.45, 7) is 4.76. The van der Waals surface area contributed by atoms with Gasteiger partial charge in [0.15, 0.2) is 0 Å². The lowest BCUT2D eigenvalue weighted by atomic mass is 10.0. The molecule has 0 spiro atoms. The first-order chi connectivity index (χ1) is 26.0. The molecule has 0 aromatic heterocycles. The number of likely N-dealkylation sites (N-methyl/N-ethyl adjacent to an activating group) is 1. The van der Waals surface area contributed by atoms with Crippen molar-refractivity contribution in [2.75, 3.05) is 40.9 Å². The number of amides is 1. The first-order valence-electron chi connectivity index (χ1n) is 22.0. The number of nitrogens with zero attached hydrogens (tertiary/aromatic N) is 1. The Labute approximate surface area is 333 Å². The van der Waals surface area contributed by atoms with Crippen LogP contribution >= 0.6 is 7.82 Å². The third-order valence-electron chi connectivity index (χ3n) is 9.54. The number of carbonyl (C=O) groups excluding carboxylic acids is 1. The molecule has 3 atom stereocenters. The number of aliphatic hydroxyl groups excluding tert-OH is 1. The molecule has 316 valence electrons. The van der Waals surface area contributed by atoms with Crippen molar-refractivity contribution in [2.24, 2.45) is 0 Å². The maximum Gasteiger partial charge on any atom is 0.472 e. The van der Waals surface area contributed by atoms with Crippen LogP contribution in [0.1, 0.15) is 181 Å². The van der Waals surface area contributed by atoms with Crippen molar-refractivity contribution in [1.82, 2.24) is 5.32 Å². The lowest BCUT2D eigenvalue weighted by molar-refractivity contribution is -0.870. The van der Waals surface area contributed by atoms with Crippen molar-refractivity contribution < 1.29 is 32.9 Å². The predicted octanol–water partition coefficient (Wildman–Crippen LogP) is 12.1. The first-order valence-corrected chi connectivity index (χ1v) is 23.5. The maximum absolute atomic E-state index is 12.9. The van der Waals surface area contributed by atoms with Crippen LogP contribution in [0.15, 0.2) is 48.6 Å². The topological polar surface area (TPSA) is 105 Å². The van der Waals surface area contributed by atoms with E-state index in [0.717, 1.165) is 64.2 Å². The third kappa shape index (κ3) is 38.7. The molecule has 0 aromatic rings. The largest absolute Gasteiger partial charge is 0.472 e. The molecule has 0 rings (SSSR count). The van der Waals surface area contributed by atoms with Crippen molar-refractivity contribution >= 4 is 13.7 Å². The quantitative estimate of drug-likeness (QED) is 0.0248. The first kappa shape index (κ1) is 52.5. The minimum atomic E-state index is -4.34. The Morgan fingerprint density at radius 1 is 0.630 bits per heavy atom. The Morgan fingerprint density at radius 2 is 1.06 bits per heavy atom. The molecule has 0 fully saturated rings. The molecule has 54 heavy (non-hydrogen) atoms. The summed E-state index contributed by atoms with van der Waals surface area (Å²) >= 11 is 0. The van der Waals surface area contributed by atoms with Gasteiger partial charge in [-0.05, 0) is 57.8 Å². The van der Waals surface area contributed by atoms with Crippen LogP contribution in [-0.4, -0.2) is 73.4 Å². The highest BCUT2D eigenvalue weighted by molar-refractivity contribution is 7.47. The molecule has 0 bridgehead atoms. The van der Waals surface area contributed by atoms with E-state index in [1.54, 1.807) is 6.08 Å². The van der Waals surface area contributed by atoms with Crippen LogP contribution < -0.4 is 5.32 Å². The van der Waals surface area contributed by atoms with E-state index in [0.29, 0.717) is 17.4 Å². The average Bonchev–Trinajstić information content (AvgIpc) is 3.12. The molecular weight excluding hydrogens is 695 g/mol. The van der Waals surface area contributed by atoms with Crippen LogP contribution in [0.3, 0.4) is 0 Å². The lowest BCUT2D eigenvalue weighted by Crippen LogP contribution is -2.45. The van der Waals surface area contributed by atoms with Gasteiger partial charge in [0.25, 0.3) is 0 Å². The van der Waals surface area contributed by atoms with E-state index in [-0.39, 0.29) is 19.1 Å². The Bertz CT molecular complexity index is 1020. The number of phosphoric acid groups is 1. The molecule has 0 radical (unpaired) electrons. The molecule has 0 aliphatic rings. The van der Waals surface area contributed by atoms with Gasteiger partial charge in [0.1, 0.15) is 13.2 Å². The van der Waals surface area contributed by atoms with Crippen LogP contribution in [0.25, 0.3) is 0 Å². The molecule has 1 amide bonds. The highest BCUT2D eigenvalue weighted by atomic mass is 31.2. The molecule has 0 aliphatic heterocycles. The molecular formula is C45H86N2O6P+. The van der Waals surface area contributed by atoms with E-state index in [1.165, 1.54) is 96.3 Å². The van der Waals surface area contributed by atoms with Gasteiger partial charge in [0.2, 0.25) is 5.91 Å².